The Balaban J connectivity index is 1.43. The molecule has 11 nitrogen and oxygen atoms in total. The number of methoxy groups -OCH3 is 2. The summed E-state index contributed by atoms with van der Waals surface area (Å²) in [5.41, 5.74) is 1.26. The zero-order valence-electron chi connectivity index (χ0n) is 20.3. The van der Waals surface area contributed by atoms with Crippen molar-refractivity contribution in [1.82, 2.24) is 15.5 Å². The monoisotopic (exact) mass is 513 g/mol. The van der Waals surface area contributed by atoms with E-state index >= 15 is 0 Å². The Morgan fingerprint density at radius 1 is 1.03 bits per heavy atom. The van der Waals surface area contributed by atoms with Gasteiger partial charge in [-0.15, -0.1) is 10.2 Å². The normalized spacial score (nSPS) is 13.4. The van der Waals surface area contributed by atoms with E-state index in [9.17, 15) is 9.59 Å². The number of amides is 3. The molecule has 12 heteroatoms. The summed E-state index contributed by atoms with van der Waals surface area (Å²) < 4.78 is 21.2. The van der Waals surface area contributed by atoms with Crippen molar-refractivity contribution >= 4 is 34.1 Å². The van der Waals surface area contributed by atoms with Crippen molar-refractivity contribution in [2.75, 3.05) is 31.6 Å². The minimum Gasteiger partial charge on any atom is -0.497 e. The lowest BCUT2D eigenvalue weighted by molar-refractivity contribution is -0.119. The summed E-state index contributed by atoms with van der Waals surface area (Å²) in [4.78, 5) is 25.9. The summed E-state index contributed by atoms with van der Waals surface area (Å²) in [6.07, 6.45) is 0.671. The second-order valence-electron chi connectivity index (χ2n) is 8.03. The van der Waals surface area contributed by atoms with Gasteiger partial charge in [-0.05, 0) is 24.1 Å². The molecule has 1 aliphatic heterocycles. The molecule has 2 heterocycles. The Morgan fingerprint density at radius 2 is 1.75 bits per heavy atom. The van der Waals surface area contributed by atoms with Crippen molar-refractivity contribution in [2.45, 2.75) is 26.3 Å². The van der Waals surface area contributed by atoms with Crippen molar-refractivity contribution in [1.29, 1.82) is 0 Å². The highest BCUT2D eigenvalue weighted by atomic mass is 32.1. The van der Waals surface area contributed by atoms with Gasteiger partial charge in [0.1, 0.15) is 22.5 Å². The number of ether oxygens (including phenoxy) is 4. The van der Waals surface area contributed by atoms with E-state index < -0.39 is 18.0 Å². The molecule has 1 aromatic heterocycles. The van der Waals surface area contributed by atoms with Crippen molar-refractivity contribution in [2.24, 2.45) is 5.92 Å². The third kappa shape index (κ3) is 5.77. The molecule has 0 fully saturated rings. The molecule has 3 amide bonds. The molecular formula is C24H27N5O6S. The molecule has 2 unspecified atom stereocenters. The van der Waals surface area contributed by atoms with E-state index in [4.69, 9.17) is 18.9 Å². The van der Waals surface area contributed by atoms with Crippen molar-refractivity contribution in [3.05, 3.63) is 36.4 Å². The van der Waals surface area contributed by atoms with Crippen LogP contribution in [0.2, 0.25) is 0 Å². The van der Waals surface area contributed by atoms with Gasteiger partial charge in [0, 0.05) is 29.4 Å². The van der Waals surface area contributed by atoms with E-state index in [0.717, 1.165) is 5.56 Å². The predicted molar refractivity (Wildman–Crippen MR) is 135 cm³/mol. The first kappa shape index (κ1) is 25.0. The maximum Gasteiger partial charge on any atom is 0.319 e. The summed E-state index contributed by atoms with van der Waals surface area (Å²) in [7, 11) is 3.04. The second kappa shape index (κ2) is 11.1. The number of hydrogen-bond acceptors (Lipinski definition) is 9. The van der Waals surface area contributed by atoms with Gasteiger partial charge in [0.05, 0.1) is 14.2 Å². The zero-order valence-corrected chi connectivity index (χ0v) is 21.1. The molecule has 0 saturated heterocycles. The fourth-order valence-electron chi connectivity index (χ4n) is 3.49. The third-order valence-electron chi connectivity index (χ3n) is 5.67. The molecule has 2 aromatic carbocycles. The van der Waals surface area contributed by atoms with Crippen LogP contribution in [-0.2, 0) is 4.79 Å². The number of carbonyl (C=O) groups excluding carboxylic acids is 2. The number of aromatic nitrogens is 2. The molecule has 0 saturated carbocycles. The smallest absolute Gasteiger partial charge is 0.319 e. The van der Waals surface area contributed by atoms with Gasteiger partial charge in [-0.3, -0.25) is 10.1 Å². The predicted octanol–water partition coefficient (Wildman–Crippen LogP) is 4.13. The number of urea groups is 1. The van der Waals surface area contributed by atoms with Crippen LogP contribution in [-0.4, -0.2) is 49.2 Å². The highest BCUT2D eigenvalue weighted by Crippen LogP contribution is 2.37. The highest BCUT2D eigenvalue weighted by Gasteiger charge is 2.27. The number of benzene rings is 2. The molecule has 0 radical (unpaired) electrons. The minimum absolute atomic E-state index is 0.142. The van der Waals surface area contributed by atoms with Crippen LogP contribution in [0.4, 0.5) is 15.6 Å². The highest BCUT2D eigenvalue weighted by molar-refractivity contribution is 7.18. The Kier molecular flexibility index (Phi) is 7.74. The van der Waals surface area contributed by atoms with Gasteiger partial charge in [0.15, 0.2) is 11.5 Å². The Hall–Kier alpha value is -4.06. The van der Waals surface area contributed by atoms with Crippen molar-refractivity contribution < 1.29 is 28.5 Å². The molecule has 2 atom stereocenters. The van der Waals surface area contributed by atoms with Crippen LogP contribution in [0.15, 0.2) is 36.4 Å². The average Bonchev–Trinajstić information content (AvgIpc) is 3.55. The molecule has 1 aliphatic rings. The zero-order chi connectivity index (χ0) is 25.7. The number of hydrogen-bond donors (Lipinski definition) is 3. The fraction of sp³-hybridized carbons (Fsp3) is 0.333. The number of fused-ring (bicyclic) bond motifs is 1. The molecule has 4 rings (SSSR count). The minimum atomic E-state index is -0.805. The number of rotatable bonds is 9. The van der Waals surface area contributed by atoms with Crippen molar-refractivity contribution in [3.8, 4) is 33.6 Å². The number of carbonyl (C=O) groups is 2. The van der Waals surface area contributed by atoms with Crippen LogP contribution in [0.1, 0.15) is 20.3 Å². The molecule has 3 aromatic rings. The van der Waals surface area contributed by atoms with E-state index in [1.165, 1.54) is 25.6 Å². The van der Waals surface area contributed by atoms with E-state index in [2.05, 4.69) is 26.1 Å². The average molecular weight is 514 g/mol. The standard InChI is InChI=1S/C24H27N5O6S/c1-5-13(2)20(26-23(31)25-15-9-16(32-3)11-17(10-15)33-4)21(30)27-24-29-28-22(36-24)14-6-7-18-19(8-14)35-12-34-18/h6-11,13,20H,5,12H2,1-4H3,(H2,25,26,31)(H,27,29,30). The maximum absolute atomic E-state index is 13.1. The van der Waals surface area contributed by atoms with Gasteiger partial charge >= 0.3 is 6.03 Å². The Morgan fingerprint density at radius 3 is 2.44 bits per heavy atom. The maximum atomic E-state index is 13.1. The molecule has 0 aliphatic carbocycles. The fourth-order valence-corrected chi connectivity index (χ4v) is 4.24. The number of anilines is 2. The van der Waals surface area contributed by atoms with Gasteiger partial charge in [-0.1, -0.05) is 31.6 Å². The first-order chi connectivity index (χ1) is 17.4. The van der Waals surface area contributed by atoms with E-state index in [-0.39, 0.29) is 12.7 Å². The third-order valence-corrected chi connectivity index (χ3v) is 6.55. The lowest BCUT2D eigenvalue weighted by Crippen LogP contribution is -2.49. The molecule has 3 N–H and O–H groups in total. The Labute approximate surface area is 212 Å². The van der Waals surface area contributed by atoms with Crippen LogP contribution in [0.5, 0.6) is 23.0 Å². The quantitative estimate of drug-likeness (QED) is 0.389. The summed E-state index contributed by atoms with van der Waals surface area (Å²) in [5, 5.41) is 17.5. The van der Waals surface area contributed by atoms with Crippen LogP contribution in [0.25, 0.3) is 10.6 Å². The Bertz CT molecular complexity index is 1230. The number of nitrogens with one attached hydrogen (secondary N) is 3. The van der Waals surface area contributed by atoms with Crippen LogP contribution in [0, 0.1) is 5.92 Å². The van der Waals surface area contributed by atoms with Gasteiger partial charge in [0.2, 0.25) is 17.8 Å². The summed E-state index contributed by atoms with van der Waals surface area (Å²) in [6.45, 7) is 4.01. The van der Waals surface area contributed by atoms with E-state index in [0.29, 0.717) is 45.2 Å². The molecule has 36 heavy (non-hydrogen) atoms. The SMILES string of the molecule is CCC(C)C(NC(=O)Nc1cc(OC)cc(OC)c1)C(=O)Nc1nnc(-c2ccc3c(c2)OCO3)s1. The van der Waals surface area contributed by atoms with Crippen molar-refractivity contribution in [3.63, 3.8) is 0 Å². The van der Waals surface area contributed by atoms with Crippen LogP contribution >= 0.6 is 11.3 Å². The van der Waals surface area contributed by atoms with Gasteiger partial charge < -0.3 is 29.6 Å². The summed E-state index contributed by atoms with van der Waals surface area (Å²) in [5.74, 6) is 1.82. The largest absolute Gasteiger partial charge is 0.497 e. The van der Waals surface area contributed by atoms with Gasteiger partial charge in [-0.2, -0.15) is 0 Å². The second-order valence-corrected chi connectivity index (χ2v) is 9.01. The van der Waals surface area contributed by atoms with E-state index in [1.54, 1.807) is 24.3 Å². The van der Waals surface area contributed by atoms with Crippen LogP contribution < -0.4 is 34.9 Å². The summed E-state index contributed by atoms with van der Waals surface area (Å²) >= 11 is 1.22. The topological polar surface area (TPSA) is 133 Å². The van der Waals surface area contributed by atoms with E-state index in [1.807, 2.05) is 26.0 Å². The lowest BCUT2D eigenvalue weighted by Gasteiger charge is -2.23. The lowest BCUT2D eigenvalue weighted by atomic mass is 9.98. The molecule has 0 bridgehead atoms. The number of nitrogens with zero attached hydrogens (tertiary/aromatic N) is 2. The van der Waals surface area contributed by atoms with Gasteiger partial charge in [0.25, 0.3) is 0 Å². The molecule has 190 valence electrons. The van der Waals surface area contributed by atoms with Gasteiger partial charge in [-0.25, -0.2) is 4.79 Å². The molecule has 0 spiro atoms. The summed E-state index contributed by atoms with van der Waals surface area (Å²) in [6, 6.07) is 9.12. The molecular weight excluding hydrogens is 486 g/mol. The first-order valence-electron chi connectivity index (χ1n) is 11.2. The first-order valence-corrected chi connectivity index (χ1v) is 12.1. The van der Waals surface area contributed by atoms with Crippen LogP contribution in [0.3, 0.4) is 0 Å².